The van der Waals surface area contributed by atoms with Crippen molar-refractivity contribution < 1.29 is 4.79 Å². The molecular weight excluding hydrogens is 391 g/mol. The molecule has 0 aromatic rings. The highest BCUT2D eigenvalue weighted by Crippen LogP contribution is 2.05. The summed E-state index contributed by atoms with van der Waals surface area (Å²) in [4.78, 5) is 15.9. The molecule has 0 aliphatic carbocycles. The first-order chi connectivity index (χ1) is 9.78. The number of unbranched alkanes of at least 4 members (excludes halogenated alkanes) is 3. The van der Waals surface area contributed by atoms with Gasteiger partial charge in [-0.2, -0.15) is 0 Å². The molecule has 1 atom stereocenters. The molecule has 0 rings (SSSR count). The molecule has 0 radical (unpaired) electrons. The number of amides is 1. The summed E-state index contributed by atoms with van der Waals surface area (Å²) in [7, 11) is 1.72. The van der Waals surface area contributed by atoms with Gasteiger partial charge in [-0.25, -0.2) is 0 Å². The van der Waals surface area contributed by atoms with Gasteiger partial charge in [0.25, 0.3) is 0 Å². The average Bonchev–Trinajstić information content (AvgIpc) is 2.37. The van der Waals surface area contributed by atoms with Crippen molar-refractivity contribution >= 4 is 35.8 Å². The topological polar surface area (TPSA) is 65.5 Å². The molecule has 0 aromatic carbocycles. The maximum absolute atomic E-state index is 11.8. The Morgan fingerprint density at radius 1 is 1.18 bits per heavy atom. The van der Waals surface area contributed by atoms with E-state index in [0.717, 1.165) is 6.42 Å². The average molecular weight is 426 g/mol. The number of nitrogens with one attached hydrogen (secondary N) is 3. The summed E-state index contributed by atoms with van der Waals surface area (Å²) in [6.45, 7) is 10.5. The molecule has 132 valence electrons. The van der Waals surface area contributed by atoms with Crippen LogP contribution in [0, 0.1) is 0 Å². The summed E-state index contributed by atoms with van der Waals surface area (Å²) in [5.41, 5.74) is -0.206. The van der Waals surface area contributed by atoms with Crippen LogP contribution in [0.15, 0.2) is 4.99 Å². The SMILES string of the molecule is CCCCCCC(C)NC(=NC)NCC(=O)NC(C)(C)C.I. The Balaban J connectivity index is 0. The lowest BCUT2D eigenvalue weighted by Crippen LogP contribution is -2.49. The summed E-state index contributed by atoms with van der Waals surface area (Å²) in [5.74, 6) is 0.656. The van der Waals surface area contributed by atoms with Gasteiger partial charge < -0.3 is 16.0 Å². The minimum Gasteiger partial charge on any atom is -0.354 e. The molecule has 0 bridgehead atoms. The zero-order valence-corrected chi connectivity index (χ0v) is 17.4. The van der Waals surface area contributed by atoms with Gasteiger partial charge in [-0.1, -0.05) is 32.6 Å². The Labute approximate surface area is 153 Å². The van der Waals surface area contributed by atoms with E-state index < -0.39 is 0 Å². The molecule has 0 spiro atoms. The summed E-state index contributed by atoms with van der Waals surface area (Å²) < 4.78 is 0. The fourth-order valence-corrected chi connectivity index (χ4v) is 2.00. The number of aliphatic imine (C=N–C) groups is 1. The van der Waals surface area contributed by atoms with E-state index in [1.165, 1.54) is 25.7 Å². The quantitative estimate of drug-likeness (QED) is 0.242. The van der Waals surface area contributed by atoms with Crippen molar-refractivity contribution in [2.45, 2.75) is 78.3 Å². The Hall–Kier alpha value is -0.530. The predicted octanol–water partition coefficient (Wildman–Crippen LogP) is 3.04. The van der Waals surface area contributed by atoms with Crippen LogP contribution in [0.5, 0.6) is 0 Å². The molecule has 3 N–H and O–H groups in total. The monoisotopic (exact) mass is 426 g/mol. The summed E-state index contributed by atoms with van der Waals surface area (Å²) in [6.07, 6.45) is 6.18. The third-order valence-corrected chi connectivity index (χ3v) is 3.03. The molecule has 0 fully saturated rings. The summed E-state index contributed by atoms with van der Waals surface area (Å²) in [6, 6.07) is 0.360. The van der Waals surface area contributed by atoms with Gasteiger partial charge in [-0.15, -0.1) is 24.0 Å². The first-order valence-corrected chi connectivity index (χ1v) is 8.06. The number of nitrogens with zero attached hydrogens (tertiary/aromatic N) is 1. The molecule has 1 unspecified atom stereocenters. The lowest BCUT2D eigenvalue weighted by molar-refractivity contribution is -0.121. The maximum atomic E-state index is 11.8. The van der Waals surface area contributed by atoms with E-state index in [0.29, 0.717) is 12.0 Å². The number of halogens is 1. The molecule has 0 aromatic heterocycles. The van der Waals surface area contributed by atoms with Crippen molar-refractivity contribution in [1.82, 2.24) is 16.0 Å². The highest BCUT2D eigenvalue weighted by atomic mass is 127. The van der Waals surface area contributed by atoms with Gasteiger partial charge in [0, 0.05) is 18.6 Å². The van der Waals surface area contributed by atoms with E-state index in [9.17, 15) is 4.79 Å². The van der Waals surface area contributed by atoms with Gasteiger partial charge in [0.15, 0.2) is 5.96 Å². The minimum atomic E-state index is -0.206. The van der Waals surface area contributed by atoms with Gasteiger partial charge in [0.05, 0.1) is 6.54 Å². The number of hydrogen-bond donors (Lipinski definition) is 3. The second-order valence-corrected chi connectivity index (χ2v) is 6.62. The van der Waals surface area contributed by atoms with Gasteiger partial charge in [-0.3, -0.25) is 9.79 Å². The Bertz CT molecular complexity index is 327. The van der Waals surface area contributed by atoms with Crippen LogP contribution in [0.1, 0.15) is 66.7 Å². The molecule has 0 saturated heterocycles. The molecular formula is C16H35IN4O. The highest BCUT2D eigenvalue weighted by molar-refractivity contribution is 14.0. The van der Waals surface area contributed by atoms with Crippen LogP contribution in [0.4, 0.5) is 0 Å². The van der Waals surface area contributed by atoms with Crippen LogP contribution in [0.3, 0.4) is 0 Å². The summed E-state index contributed by atoms with van der Waals surface area (Å²) in [5, 5.41) is 9.29. The van der Waals surface area contributed by atoms with E-state index in [1.807, 2.05) is 20.8 Å². The van der Waals surface area contributed by atoms with Crippen molar-refractivity contribution in [1.29, 1.82) is 0 Å². The molecule has 5 nitrogen and oxygen atoms in total. The van der Waals surface area contributed by atoms with Crippen LogP contribution >= 0.6 is 24.0 Å². The molecule has 0 aliphatic rings. The fourth-order valence-electron chi connectivity index (χ4n) is 2.00. The summed E-state index contributed by atoms with van der Waals surface area (Å²) >= 11 is 0. The largest absolute Gasteiger partial charge is 0.354 e. The lowest BCUT2D eigenvalue weighted by Gasteiger charge is -2.22. The molecule has 0 heterocycles. The highest BCUT2D eigenvalue weighted by Gasteiger charge is 2.14. The number of rotatable bonds is 8. The van der Waals surface area contributed by atoms with Gasteiger partial charge >= 0.3 is 0 Å². The number of guanidine groups is 1. The molecule has 0 aliphatic heterocycles. The van der Waals surface area contributed by atoms with E-state index in [2.05, 4.69) is 34.8 Å². The lowest BCUT2D eigenvalue weighted by atomic mass is 10.1. The first kappa shape index (κ1) is 23.7. The van der Waals surface area contributed by atoms with E-state index >= 15 is 0 Å². The van der Waals surface area contributed by atoms with E-state index in [4.69, 9.17) is 0 Å². The van der Waals surface area contributed by atoms with Crippen LogP contribution in [-0.2, 0) is 4.79 Å². The van der Waals surface area contributed by atoms with Crippen molar-refractivity contribution in [3.05, 3.63) is 0 Å². The van der Waals surface area contributed by atoms with Crippen molar-refractivity contribution in [2.75, 3.05) is 13.6 Å². The van der Waals surface area contributed by atoms with E-state index in [1.54, 1.807) is 7.05 Å². The third-order valence-electron chi connectivity index (χ3n) is 3.03. The van der Waals surface area contributed by atoms with Crippen LogP contribution in [-0.4, -0.2) is 37.0 Å². The fraction of sp³-hybridized carbons (Fsp3) is 0.875. The van der Waals surface area contributed by atoms with Crippen LogP contribution in [0.2, 0.25) is 0 Å². The van der Waals surface area contributed by atoms with E-state index in [-0.39, 0.29) is 42.0 Å². The van der Waals surface area contributed by atoms with Crippen molar-refractivity contribution in [2.24, 2.45) is 4.99 Å². The van der Waals surface area contributed by atoms with Gasteiger partial charge in [0.2, 0.25) is 5.91 Å². The predicted molar refractivity (Wildman–Crippen MR) is 106 cm³/mol. The van der Waals surface area contributed by atoms with Crippen molar-refractivity contribution in [3.8, 4) is 0 Å². The second kappa shape index (κ2) is 13.0. The molecule has 0 saturated carbocycles. The zero-order valence-electron chi connectivity index (χ0n) is 15.1. The minimum absolute atomic E-state index is 0. The Kier molecular flexibility index (Phi) is 14.0. The number of hydrogen-bond acceptors (Lipinski definition) is 2. The Morgan fingerprint density at radius 3 is 2.32 bits per heavy atom. The van der Waals surface area contributed by atoms with Crippen LogP contribution < -0.4 is 16.0 Å². The standard InChI is InChI=1S/C16H34N4O.HI/c1-7-8-9-10-11-13(2)19-15(17-6)18-12-14(21)20-16(3,4)5;/h13H,7-12H2,1-6H3,(H,20,21)(H2,17,18,19);1H. The smallest absolute Gasteiger partial charge is 0.239 e. The molecule has 1 amide bonds. The first-order valence-electron chi connectivity index (χ1n) is 8.06. The maximum Gasteiger partial charge on any atom is 0.239 e. The zero-order chi connectivity index (χ0) is 16.3. The second-order valence-electron chi connectivity index (χ2n) is 6.62. The van der Waals surface area contributed by atoms with Crippen molar-refractivity contribution in [3.63, 3.8) is 0 Å². The van der Waals surface area contributed by atoms with Gasteiger partial charge in [0.1, 0.15) is 0 Å². The molecule has 22 heavy (non-hydrogen) atoms. The number of carbonyl (C=O) groups is 1. The van der Waals surface area contributed by atoms with Gasteiger partial charge in [-0.05, 0) is 34.1 Å². The normalized spacial score (nSPS) is 13.1. The molecule has 6 heteroatoms. The number of carbonyl (C=O) groups excluding carboxylic acids is 1. The third kappa shape index (κ3) is 14.4. The Morgan fingerprint density at radius 2 is 1.82 bits per heavy atom. The van der Waals surface area contributed by atoms with Crippen LogP contribution in [0.25, 0.3) is 0 Å².